The minimum Gasteiger partial charge on any atom is -0.497 e. The second kappa shape index (κ2) is 11.4. The zero-order valence-corrected chi connectivity index (χ0v) is 25.6. The number of nitrogens with zero attached hydrogens (tertiary/aromatic N) is 2. The molecular formula is C30H24BrN3O6S2. The van der Waals surface area contributed by atoms with Gasteiger partial charge in [0.05, 0.1) is 30.9 Å². The van der Waals surface area contributed by atoms with Crippen molar-refractivity contribution in [1.29, 1.82) is 0 Å². The molecule has 4 aromatic rings. The molecular weight excluding hydrogens is 642 g/mol. The van der Waals surface area contributed by atoms with Crippen molar-refractivity contribution >= 4 is 68.1 Å². The maximum atomic E-state index is 14.0. The molecule has 0 bridgehead atoms. The highest BCUT2D eigenvalue weighted by molar-refractivity contribution is 9.10. The molecule has 42 heavy (non-hydrogen) atoms. The third-order valence-electron chi connectivity index (χ3n) is 7.28. The summed E-state index contributed by atoms with van der Waals surface area (Å²) in [7, 11) is 3.13. The van der Waals surface area contributed by atoms with Crippen LogP contribution in [0, 0.1) is 5.92 Å². The van der Waals surface area contributed by atoms with E-state index in [1.54, 1.807) is 74.9 Å². The molecule has 3 heterocycles. The van der Waals surface area contributed by atoms with Gasteiger partial charge in [0.25, 0.3) is 0 Å². The van der Waals surface area contributed by atoms with Crippen LogP contribution in [-0.4, -0.2) is 41.8 Å². The number of imide groups is 1. The molecule has 3 atom stereocenters. The average molecular weight is 667 g/mol. The maximum absolute atomic E-state index is 14.0. The minimum absolute atomic E-state index is 0.241. The first-order valence-corrected chi connectivity index (χ1v) is 15.4. The Hall–Kier alpha value is -3.87. The molecule has 0 saturated carbocycles. The zero-order chi connectivity index (χ0) is 29.5. The van der Waals surface area contributed by atoms with Crippen LogP contribution in [0.15, 0.2) is 87.1 Å². The van der Waals surface area contributed by atoms with Crippen molar-refractivity contribution in [2.45, 2.75) is 22.7 Å². The second-order valence-corrected chi connectivity index (χ2v) is 12.7. The number of amides is 3. The largest absolute Gasteiger partial charge is 0.497 e. The van der Waals surface area contributed by atoms with Crippen molar-refractivity contribution in [3.8, 4) is 11.5 Å². The van der Waals surface area contributed by atoms with Crippen molar-refractivity contribution in [2.24, 2.45) is 5.92 Å². The van der Waals surface area contributed by atoms with E-state index in [4.69, 9.17) is 9.47 Å². The van der Waals surface area contributed by atoms with Crippen LogP contribution in [-0.2, 0) is 20.9 Å². The lowest BCUT2D eigenvalue weighted by molar-refractivity contribution is -0.122. The quantitative estimate of drug-likeness (QED) is 0.273. The molecule has 0 spiro atoms. The number of aromatic nitrogens is 1. The van der Waals surface area contributed by atoms with Crippen molar-refractivity contribution in [2.75, 3.05) is 24.4 Å². The summed E-state index contributed by atoms with van der Waals surface area (Å²) in [5.41, 5.74) is 1.82. The maximum Gasteiger partial charge on any atom is 0.308 e. The predicted molar refractivity (Wildman–Crippen MR) is 165 cm³/mol. The Kier molecular flexibility index (Phi) is 7.69. The summed E-state index contributed by atoms with van der Waals surface area (Å²) in [6, 6.07) is 21.2. The molecule has 9 nitrogen and oxygen atoms in total. The smallest absolute Gasteiger partial charge is 0.308 e. The van der Waals surface area contributed by atoms with Crippen LogP contribution in [0.2, 0.25) is 0 Å². The van der Waals surface area contributed by atoms with E-state index < -0.39 is 23.0 Å². The normalized spacial score (nSPS) is 19.3. The van der Waals surface area contributed by atoms with Crippen molar-refractivity contribution in [1.82, 2.24) is 4.57 Å². The molecule has 0 radical (unpaired) electrons. The molecule has 0 unspecified atom stereocenters. The van der Waals surface area contributed by atoms with E-state index in [9.17, 15) is 19.2 Å². The first-order chi connectivity index (χ1) is 20.3. The van der Waals surface area contributed by atoms with Crippen LogP contribution >= 0.6 is 39.0 Å². The van der Waals surface area contributed by atoms with Crippen LogP contribution < -0.4 is 24.6 Å². The summed E-state index contributed by atoms with van der Waals surface area (Å²) in [6.45, 7) is -0.241. The van der Waals surface area contributed by atoms with E-state index in [-0.39, 0.29) is 23.2 Å². The van der Waals surface area contributed by atoms with Gasteiger partial charge in [-0.2, -0.15) is 0 Å². The van der Waals surface area contributed by atoms with Gasteiger partial charge in [-0.05, 0) is 66.2 Å². The van der Waals surface area contributed by atoms with Gasteiger partial charge in [0.2, 0.25) is 17.7 Å². The number of carbonyl (C=O) groups excluding carboxylic acids is 3. The van der Waals surface area contributed by atoms with Crippen LogP contribution in [0.5, 0.6) is 11.5 Å². The number of thiazole rings is 1. The van der Waals surface area contributed by atoms with Crippen molar-refractivity contribution < 1.29 is 23.9 Å². The Labute approximate surface area is 257 Å². The Morgan fingerprint density at radius 1 is 0.881 bits per heavy atom. The number of methoxy groups -OCH3 is 2. The number of fused-ring (bicyclic) bond motifs is 2. The lowest BCUT2D eigenvalue weighted by Gasteiger charge is -2.30. The van der Waals surface area contributed by atoms with Gasteiger partial charge < -0.3 is 14.8 Å². The Morgan fingerprint density at radius 3 is 2.12 bits per heavy atom. The number of rotatable bonds is 7. The molecule has 3 amide bonds. The number of benzene rings is 3. The predicted octanol–water partition coefficient (Wildman–Crippen LogP) is 5.12. The molecule has 2 aliphatic heterocycles. The number of anilines is 2. The Balaban J connectivity index is 1.38. The first-order valence-electron chi connectivity index (χ1n) is 12.9. The van der Waals surface area contributed by atoms with Gasteiger partial charge in [-0.25, -0.2) is 4.90 Å². The highest BCUT2D eigenvalue weighted by atomic mass is 79.9. The lowest BCUT2D eigenvalue weighted by atomic mass is 9.83. The monoisotopic (exact) mass is 665 g/mol. The number of halogens is 1. The number of hydrogen-bond donors (Lipinski definition) is 1. The van der Waals surface area contributed by atoms with Crippen LogP contribution in [0.1, 0.15) is 16.4 Å². The molecule has 1 aromatic heterocycles. The van der Waals surface area contributed by atoms with Gasteiger partial charge in [-0.1, -0.05) is 51.2 Å². The van der Waals surface area contributed by atoms with Gasteiger partial charge in [-0.3, -0.25) is 23.7 Å². The van der Waals surface area contributed by atoms with E-state index in [0.29, 0.717) is 32.8 Å². The van der Waals surface area contributed by atoms with Gasteiger partial charge in [-0.15, -0.1) is 0 Å². The molecule has 1 fully saturated rings. The standard InChI is InChI=1S/C30H24BrN3O6S2/c1-39-20-11-3-16(4-12-20)23-24-25(28(37)34(27(24)36)19-9-5-17(31)6-10-19)41-29-26(23)42-30(38)33(29)15-22(35)32-18-7-13-21(40-2)14-8-18/h3-14,23-25H,15H2,1-2H3,(H,32,35)/t23-,24-,25+/m0/s1. The summed E-state index contributed by atoms with van der Waals surface area (Å²) >= 11 is 5.58. The molecule has 0 aliphatic carbocycles. The second-order valence-electron chi connectivity index (χ2n) is 9.70. The lowest BCUT2D eigenvalue weighted by Crippen LogP contribution is -2.33. The summed E-state index contributed by atoms with van der Waals surface area (Å²) in [5, 5.41) is 2.56. The fourth-order valence-corrected chi connectivity index (χ4v) is 8.33. The highest BCUT2D eigenvalue weighted by Gasteiger charge is 2.56. The highest BCUT2D eigenvalue weighted by Crippen LogP contribution is 2.54. The van der Waals surface area contributed by atoms with Gasteiger partial charge in [0, 0.05) is 21.0 Å². The third kappa shape index (κ3) is 5.03. The first kappa shape index (κ1) is 28.3. The van der Waals surface area contributed by atoms with E-state index in [2.05, 4.69) is 21.2 Å². The zero-order valence-electron chi connectivity index (χ0n) is 22.4. The van der Waals surface area contributed by atoms with Crippen LogP contribution in [0.25, 0.3) is 0 Å². The number of ether oxygens (including phenoxy) is 2. The van der Waals surface area contributed by atoms with E-state index in [0.717, 1.165) is 21.4 Å². The SMILES string of the molecule is COc1ccc(NC(=O)Cn2c3c(sc2=O)[C@@H](c2ccc(OC)cc2)[C@@H]2C(=O)N(c4ccc(Br)cc4)C(=O)[C@@H]2S3)cc1. The summed E-state index contributed by atoms with van der Waals surface area (Å²) in [4.78, 5) is 55.7. The summed E-state index contributed by atoms with van der Waals surface area (Å²) in [6.07, 6.45) is 0. The topological polar surface area (TPSA) is 107 Å². The van der Waals surface area contributed by atoms with E-state index in [1.165, 1.54) is 21.2 Å². The summed E-state index contributed by atoms with van der Waals surface area (Å²) < 4.78 is 12.7. The van der Waals surface area contributed by atoms with Crippen molar-refractivity contribution in [3.05, 3.63) is 97.4 Å². The fourth-order valence-electron chi connectivity index (χ4n) is 5.29. The molecule has 6 rings (SSSR count). The van der Waals surface area contributed by atoms with E-state index >= 15 is 0 Å². The molecule has 3 aromatic carbocycles. The van der Waals surface area contributed by atoms with Gasteiger partial charge >= 0.3 is 4.87 Å². The van der Waals surface area contributed by atoms with Gasteiger partial charge in [0.1, 0.15) is 23.3 Å². The molecule has 2 aliphatic rings. The van der Waals surface area contributed by atoms with E-state index in [1.807, 2.05) is 12.1 Å². The van der Waals surface area contributed by atoms with Crippen LogP contribution in [0.4, 0.5) is 11.4 Å². The molecule has 12 heteroatoms. The third-order valence-corrected chi connectivity index (χ3v) is 10.4. The average Bonchev–Trinajstić information content (AvgIpc) is 3.44. The number of carbonyl (C=O) groups is 3. The number of hydrogen-bond acceptors (Lipinski definition) is 8. The molecule has 1 saturated heterocycles. The molecule has 1 N–H and O–H groups in total. The Bertz CT molecular complexity index is 1730. The summed E-state index contributed by atoms with van der Waals surface area (Å²) in [5.74, 6) is -1.06. The number of thioether (sulfide) groups is 1. The van der Waals surface area contributed by atoms with Gasteiger partial charge in [0.15, 0.2) is 0 Å². The number of nitrogens with one attached hydrogen (secondary N) is 1. The molecule has 214 valence electrons. The van der Waals surface area contributed by atoms with Crippen molar-refractivity contribution in [3.63, 3.8) is 0 Å². The fraction of sp³-hybridized carbons (Fsp3) is 0.200. The van der Waals surface area contributed by atoms with Crippen LogP contribution in [0.3, 0.4) is 0 Å². The minimum atomic E-state index is -0.773. The Morgan fingerprint density at radius 2 is 1.50 bits per heavy atom.